The van der Waals surface area contributed by atoms with Crippen LogP contribution >= 0.6 is 0 Å². The van der Waals surface area contributed by atoms with Crippen LogP contribution in [0.25, 0.3) is 0 Å². The molecule has 0 radical (unpaired) electrons. The third-order valence-corrected chi connectivity index (χ3v) is 3.68. The molecule has 6 nitrogen and oxygen atoms in total. The van der Waals surface area contributed by atoms with E-state index < -0.39 is 9.84 Å². The van der Waals surface area contributed by atoms with E-state index in [2.05, 4.69) is 10.5 Å². The van der Waals surface area contributed by atoms with Gasteiger partial charge in [0.1, 0.15) is 5.76 Å². The van der Waals surface area contributed by atoms with Crippen molar-refractivity contribution in [3.8, 4) is 0 Å². The highest BCUT2D eigenvalue weighted by atomic mass is 32.2. The number of nitrogens with zero attached hydrogens (tertiary/aromatic N) is 1. The van der Waals surface area contributed by atoms with E-state index in [-0.39, 0.29) is 23.8 Å². The average molecular weight is 246 g/mol. The van der Waals surface area contributed by atoms with E-state index in [1.165, 1.54) is 0 Å². The van der Waals surface area contributed by atoms with Crippen LogP contribution in [0.1, 0.15) is 19.1 Å². The molecule has 0 saturated carbocycles. The minimum Gasteiger partial charge on any atom is -0.360 e. The Bertz CT molecular complexity index is 464. The molecule has 0 aliphatic rings. The highest BCUT2D eigenvalue weighted by molar-refractivity contribution is 7.91. The zero-order chi connectivity index (χ0) is 12.2. The first-order chi connectivity index (χ1) is 7.43. The van der Waals surface area contributed by atoms with Crippen molar-refractivity contribution in [2.75, 3.05) is 16.8 Å². The van der Waals surface area contributed by atoms with Crippen LogP contribution in [0, 0.1) is 6.92 Å². The lowest BCUT2D eigenvalue weighted by molar-refractivity contribution is -0.115. The number of rotatable bonds is 5. The SMILES string of the molecule is CCS(=O)(=O)CCC(=O)Nc1cc(C)on1. The minimum absolute atomic E-state index is 0.0450. The third-order valence-electron chi connectivity index (χ3n) is 1.98. The number of aromatic nitrogens is 1. The highest BCUT2D eigenvalue weighted by Gasteiger charge is 2.12. The first-order valence-corrected chi connectivity index (χ1v) is 6.68. The summed E-state index contributed by atoms with van der Waals surface area (Å²) in [5.74, 6) is 0.397. The maximum atomic E-state index is 11.3. The van der Waals surface area contributed by atoms with Gasteiger partial charge in [0.05, 0.1) is 5.75 Å². The van der Waals surface area contributed by atoms with Crippen LogP contribution in [0.2, 0.25) is 0 Å². The number of amides is 1. The Labute approximate surface area is 93.9 Å². The Hall–Kier alpha value is -1.37. The molecule has 1 aromatic rings. The van der Waals surface area contributed by atoms with Gasteiger partial charge in [0.2, 0.25) is 5.91 Å². The van der Waals surface area contributed by atoms with E-state index in [0.29, 0.717) is 11.6 Å². The van der Waals surface area contributed by atoms with Crippen molar-refractivity contribution in [3.63, 3.8) is 0 Å². The number of hydrogen-bond acceptors (Lipinski definition) is 5. The summed E-state index contributed by atoms with van der Waals surface area (Å²) in [6.45, 7) is 3.25. The molecule has 0 aliphatic heterocycles. The van der Waals surface area contributed by atoms with E-state index in [9.17, 15) is 13.2 Å². The molecule has 16 heavy (non-hydrogen) atoms. The monoisotopic (exact) mass is 246 g/mol. The number of carbonyl (C=O) groups excluding carboxylic acids is 1. The van der Waals surface area contributed by atoms with Gasteiger partial charge in [0.15, 0.2) is 15.7 Å². The van der Waals surface area contributed by atoms with Gasteiger partial charge in [-0.2, -0.15) is 0 Å². The molecule has 90 valence electrons. The Kier molecular flexibility index (Phi) is 4.05. The van der Waals surface area contributed by atoms with Gasteiger partial charge in [-0.15, -0.1) is 0 Å². The summed E-state index contributed by atoms with van der Waals surface area (Å²) in [7, 11) is -3.11. The number of nitrogens with one attached hydrogen (secondary N) is 1. The molecule has 0 aliphatic carbocycles. The fourth-order valence-electron chi connectivity index (χ4n) is 1.02. The molecular weight excluding hydrogens is 232 g/mol. The van der Waals surface area contributed by atoms with E-state index in [1.807, 2.05) is 0 Å². The van der Waals surface area contributed by atoms with Crippen LogP contribution in [0.5, 0.6) is 0 Å². The molecule has 0 aromatic carbocycles. The Morgan fingerprint density at radius 2 is 2.25 bits per heavy atom. The van der Waals surface area contributed by atoms with Crippen molar-refractivity contribution in [1.82, 2.24) is 5.16 Å². The number of hydrogen-bond donors (Lipinski definition) is 1. The molecule has 1 aromatic heterocycles. The Morgan fingerprint density at radius 3 is 2.75 bits per heavy atom. The van der Waals surface area contributed by atoms with Crippen LogP contribution < -0.4 is 5.32 Å². The molecule has 1 amide bonds. The van der Waals surface area contributed by atoms with E-state index >= 15 is 0 Å². The normalized spacial score (nSPS) is 11.4. The second kappa shape index (κ2) is 5.11. The second-order valence-electron chi connectivity index (χ2n) is 3.36. The smallest absolute Gasteiger partial charge is 0.226 e. The number of sulfone groups is 1. The predicted octanol–water partition coefficient (Wildman–Crippen LogP) is 0.746. The molecule has 0 spiro atoms. The molecule has 7 heteroatoms. The standard InChI is InChI=1S/C9H14N2O4S/c1-3-16(13,14)5-4-9(12)10-8-6-7(2)15-11-8/h6H,3-5H2,1-2H3,(H,10,11,12). The summed E-state index contributed by atoms with van der Waals surface area (Å²) in [6.07, 6.45) is -0.0674. The fraction of sp³-hybridized carbons (Fsp3) is 0.556. The average Bonchev–Trinajstić information content (AvgIpc) is 2.61. The van der Waals surface area contributed by atoms with Crippen LogP contribution in [0.3, 0.4) is 0 Å². The second-order valence-corrected chi connectivity index (χ2v) is 5.83. The molecule has 1 N–H and O–H groups in total. The number of carbonyl (C=O) groups is 1. The summed E-state index contributed by atoms with van der Waals surface area (Å²) in [4.78, 5) is 11.3. The lowest BCUT2D eigenvalue weighted by atomic mass is 10.4. The zero-order valence-corrected chi connectivity index (χ0v) is 10.0. The summed E-state index contributed by atoms with van der Waals surface area (Å²) < 4.78 is 27.0. The molecule has 0 atom stereocenters. The molecule has 0 unspecified atom stereocenters. The number of anilines is 1. The maximum Gasteiger partial charge on any atom is 0.226 e. The molecule has 0 fully saturated rings. The summed E-state index contributed by atoms with van der Waals surface area (Å²) in [5.41, 5.74) is 0. The van der Waals surface area contributed by atoms with E-state index in [1.54, 1.807) is 19.9 Å². The predicted molar refractivity (Wildman–Crippen MR) is 58.8 cm³/mol. The van der Waals surface area contributed by atoms with Crippen molar-refractivity contribution >= 4 is 21.6 Å². The highest BCUT2D eigenvalue weighted by Crippen LogP contribution is 2.07. The summed E-state index contributed by atoms with van der Waals surface area (Å²) in [6, 6.07) is 1.56. The largest absolute Gasteiger partial charge is 0.360 e. The van der Waals surface area contributed by atoms with Gasteiger partial charge in [-0.25, -0.2) is 8.42 Å². The van der Waals surface area contributed by atoms with Crippen LogP contribution in [0.4, 0.5) is 5.82 Å². The molecule has 1 rings (SSSR count). The summed E-state index contributed by atoms with van der Waals surface area (Å²) >= 11 is 0. The molecule has 0 saturated heterocycles. The van der Waals surface area contributed by atoms with Crippen molar-refractivity contribution in [2.24, 2.45) is 0 Å². The Morgan fingerprint density at radius 1 is 1.56 bits per heavy atom. The fourth-order valence-corrected chi connectivity index (χ4v) is 1.81. The van der Waals surface area contributed by atoms with Crippen molar-refractivity contribution in [1.29, 1.82) is 0 Å². The lowest BCUT2D eigenvalue weighted by Gasteiger charge is -2.01. The van der Waals surface area contributed by atoms with Gasteiger partial charge >= 0.3 is 0 Å². The van der Waals surface area contributed by atoms with Gasteiger partial charge < -0.3 is 9.84 Å². The van der Waals surface area contributed by atoms with Gasteiger partial charge in [0, 0.05) is 18.2 Å². The van der Waals surface area contributed by atoms with Crippen molar-refractivity contribution < 1.29 is 17.7 Å². The third kappa shape index (κ3) is 4.01. The molecule has 1 heterocycles. The Balaban J connectivity index is 2.43. The first-order valence-electron chi connectivity index (χ1n) is 4.86. The molecular formula is C9H14N2O4S. The van der Waals surface area contributed by atoms with E-state index in [0.717, 1.165) is 0 Å². The quantitative estimate of drug-likeness (QED) is 0.827. The van der Waals surface area contributed by atoms with Crippen LogP contribution in [0.15, 0.2) is 10.6 Å². The van der Waals surface area contributed by atoms with Gasteiger partial charge in [-0.1, -0.05) is 12.1 Å². The first kappa shape index (κ1) is 12.7. The topological polar surface area (TPSA) is 89.3 Å². The number of aryl methyl sites for hydroxylation is 1. The van der Waals surface area contributed by atoms with Crippen LogP contribution in [-0.4, -0.2) is 31.0 Å². The summed E-state index contributed by atoms with van der Waals surface area (Å²) in [5, 5.41) is 6.02. The zero-order valence-electron chi connectivity index (χ0n) is 9.19. The van der Waals surface area contributed by atoms with Gasteiger partial charge in [-0.05, 0) is 6.92 Å². The van der Waals surface area contributed by atoms with Crippen molar-refractivity contribution in [2.45, 2.75) is 20.3 Å². The van der Waals surface area contributed by atoms with Crippen molar-refractivity contribution in [3.05, 3.63) is 11.8 Å². The van der Waals surface area contributed by atoms with E-state index in [4.69, 9.17) is 4.52 Å². The molecule has 0 bridgehead atoms. The maximum absolute atomic E-state index is 11.3. The minimum atomic E-state index is -3.11. The van der Waals surface area contributed by atoms with Crippen LogP contribution in [-0.2, 0) is 14.6 Å². The van der Waals surface area contributed by atoms with Gasteiger partial charge in [-0.3, -0.25) is 4.79 Å². The van der Waals surface area contributed by atoms with Gasteiger partial charge in [0.25, 0.3) is 0 Å². The lowest BCUT2D eigenvalue weighted by Crippen LogP contribution is -2.18.